The lowest BCUT2D eigenvalue weighted by molar-refractivity contribution is -0.138. The molecule has 0 rings (SSSR count). The number of carbonyl (C=O) groups excluding carboxylic acids is 2. The fraction of sp³-hybridized carbons (Fsp3) is 0.385. The predicted octanol–water partition coefficient (Wildman–Crippen LogP) is 2.03. The fourth-order valence-electron chi connectivity index (χ4n) is 0.803. The van der Waals surface area contributed by atoms with Crippen LogP contribution in [-0.4, -0.2) is 25.7 Å². The minimum atomic E-state index is -0.586. The number of esters is 2. The Hall–Kier alpha value is -1.84. The molecule has 94 valence electrons. The minimum absolute atomic E-state index is 0.173. The van der Waals surface area contributed by atoms with Gasteiger partial charge in [-0.05, 0) is 12.0 Å². The highest BCUT2D eigenvalue weighted by Gasteiger charge is 1.97. The molecule has 0 aromatic heterocycles. The number of carbonyl (C=O) groups is 2. The second-order valence-electron chi connectivity index (χ2n) is 3.54. The van der Waals surface area contributed by atoms with Crippen LogP contribution >= 0.6 is 0 Å². The van der Waals surface area contributed by atoms with Crippen LogP contribution in [0.1, 0.15) is 13.8 Å². The molecule has 0 aliphatic rings. The summed E-state index contributed by atoms with van der Waals surface area (Å²) in [5.74, 6) is -0.671. The van der Waals surface area contributed by atoms with Crippen molar-refractivity contribution in [3.8, 4) is 0 Å². The van der Waals surface area contributed by atoms with Gasteiger partial charge in [0, 0.05) is 12.2 Å². The van der Waals surface area contributed by atoms with Crippen molar-refractivity contribution in [1.82, 2.24) is 0 Å². The molecule has 0 N–H and O–H groups in total. The van der Waals surface area contributed by atoms with Crippen LogP contribution in [0, 0.1) is 5.92 Å². The topological polar surface area (TPSA) is 52.6 Å². The first-order chi connectivity index (χ1) is 8.06. The maximum atomic E-state index is 11.0. The van der Waals surface area contributed by atoms with E-state index in [0.717, 1.165) is 12.2 Å². The van der Waals surface area contributed by atoms with Gasteiger partial charge in [-0.1, -0.05) is 32.1 Å². The SMILES string of the molecule is COC(=O)/C=C/C(=O)OC/C=C/C=C/C(C)C. The Morgan fingerprint density at radius 3 is 2.35 bits per heavy atom. The standard InChI is InChI=1S/C13H18O4/c1-11(2)7-5-4-6-10-17-13(15)9-8-12(14)16-3/h4-9,11H,10H2,1-3H3/b6-4+,7-5+,9-8+. The van der Waals surface area contributed by atoms with Crippen molar-refractivity contribution in [3.05, 3.63) is 36.5 Å². The van der Waals surface area contributed by atoms with E-state index in [-0.39, 0.29) is 6.61 Å². The summed E-state index contributed by atoms with van der Waals surface area (Å²) in [5.41, 5.74) is 0. The van der Waals surface area contributed by atoms with E-state index in [0.29, 0.717) is 5.92 Å². The first-order valence-corrected chi connectivity index (χ1v) is 5.32. The molecule has 0 aliphatic heterocycles. The van der Waals surface area contributed by atoms with Gasteiger partial charge in [0.15, 0.2) is 0 Å². The van der Waals surface area contributed by atoms with Crippen LogP contribution in [0.15, 0.2) is 36.5 Å². The Morgan fingerprint density at radius 2 is 1.76 bits per heavy atom. The van der Waals surface area contributed by atoms with Crippen LogP contribution in [0.5, 0.6) is 0 Å². The van der Waals surface area contributed by atoms with E-state index in [2.05, 4.69) is 18.6 Å². The van der Waals surface area contributed by atoms with Crippen LogP contribution in [-0.2, 0) is 19.1 Å². The first kappa shape index (κ1) is 15.2. The van der Waals surface area contributed by atoms with Gasteiger partial charge in [0.05, 0.1) is 7.11 Å². The highest BCUT2D eigenvalue weighted by molar-refractivity contribution is 5.91. The zero-order valence-electron chi connectivity index (χ0n) is 10.4. The van der Waals surface area contributed by atoms with Gasteiger partial charge in [-0.2, -0.15) is 0 Å². The Bertz CT molecular complexity index is 324. The van der Waals surface area contributed by atoms with Crippen LogP contribution in [0.3, 0.4) is 0 Å². The van der Waals surface area contributed by atoms with E-state index >= 15 is 0 Å². The third-order valence-corrected chi connectivity index (χ3v) is 1.62. The van der Waals surface area contributed by atoms with Gasteiger partial charge < -0.3 is 9.47 Å². The van der Waals surface area contributed by atoms with E-state index in [1.807, 2.05) is 12.2 Å². The molecule has 4 nitrogen and oxygen atoms in total. The number of hydrogen-bond donors (Lipinski definition) is 0. The van der Waals surface area contributed by atoms with Crippen molar-refractivity contribution in [2.75, 3.05) is 13.7 Å². The number of hydrogen-bond acceptors (Lipinski definition) is 4. The number of allylic oxidation sites excluding steroid dienone is 3. The lowest BCUT2D eigenvalue weighted by atomic mass is 10.2. The average molecular weight is 238 g/mol. The fourth-order valence-corrected chi connectivity index (χ4v) is 0.803. The number of rotatable bonds is 6. The average Bonchev–Trinajstić information content (AvgIpc) is 2.30. The molecule has 4 heteroatoms. The molecule has 0 saturated carbocycles. The molecule has 0 atom stereocenters. The van der Waals surface area contributed by atoms with Crippen molar-refractivity contribution in [2.45, 2.75) is 13.8 Å². The molecule has 0 fully saturated rings. The van der Waals surface area contributed by atoms with Crippen molar-refractivity contribution >= 4 is 11.9 Å². The van der Waals surface area contributed by atoms with Crippen molar-refractivity contribution in [1.29, 1.82) is 0 Å². The molecule has 0 heterocycles. The summed E-state index contributed by atoms with van der Waals surface area (Å²) in [5, 5.41) is 0. The Morgan fingerprint density at radius 1 is 1.12 bits per heavy atom. The Balaban J connectivity index is 3.79. The monoisotopic (exact) mass is 238 g/mol. The normalized spacial score (nSPS) is 11.8. The van der Waals surface area contributed by atoms with Crippen LogP contribution in [0.4, 0.5) is 0 Å². The highest BCUT2D eigenvalue weighted by Crippen LogP contribution is 1.93. The van der Waals surface area contributed by atoms with E-state index in [1.54, 1.807) is 12.2 Å². The van der Waals surface area contributed by atoms with E-state index in [1.165, 1.54) is 7.11 Å². The van der Waals surface area contributed by atoms with Crippen molar-refractivity contribution in [3.63, 3.8) is 0 Å². The molecule has 0 aromatic carbocycles. The van der Waals surface area contributed by atoms with Crippen LogP contribution in [0.25, 0.3) is 0 Å². The molecular weight excluding hydrogens is 220 g/mol. The summed E-state index contributed by atoms with van der Waals surface area (Å²) in [6, 6.07) is 0. The molecular formula is C13H18O4. The number of ether oxygens (including phenoxy) is 2. The molecule has 0 saturated heterocycles. The van der Waals surface area contributed by atoms with Gasteiger partial charge in [0.25, 0.3) is 0 Å². The maximum Gasteiger partial charge on any atom is 0.331 e. The molecule has 0 spiro atoms. The molecule has 0 unspecified atom stereocenters. The predicted molar refractivity (Wildman–Crippen MR) is 65.2 cm³/mol. The summed E-state index contributed by atoms with van der Waals surface area (Å²) >= 11 is 0. The summed E-state index contributed by atoms with van der Waals surface area (Å²) in [6.07, 6.45) is 9.48. The smallest absolute Gasteiger partial charge is 0.331 e. The van der Waals surface area contributed by atoms with Gasteiger partial charge in [-0.3, -0.25) is 0 Å². The highest BCUT2D eigenvalue weighted by atomic mass is 16.5. The van der Waals surface area contributed by atoms with Gasteiger partial charge in [0.2, 0.25) is 0 Å². The number of methoxy groups -OCH3 is 1. The Kier molecular flexibility index (Phi) is 8.37. The largest absolute Gasteiger partial charge is 0.466 e. The second-order valence-corrected chi connectivity index (χ2v) is 3.54. The lowest BCUT2D eigenvalue weighted by Gasteiger charge is -1.95. The quantitative estimate of drug-likeness (QED) is 0.403. The van der Waals surface area contributed by atoms with E-state index in [9.17, 15) is 9.59 Å². The van der Waals surface area contributed by atoms with Crippen molar-refractivity contribution in [2.24, 2.45) is 5.92 Å². The lowest BCUT2D eigenvalue weighted by Crippen LogP contribution is -2.02. The van der Waals surface area contributed by atoms with Crippen LogP contribution < -0.4 is 0 Å². The van der Waals surface area contributed by atoms with Gasteiger partial charge in [-0.15, -0.1) is 0 Å². The molecule has 17 heavy (non-hydrogen) atoms. The molecule has 0 radical (unpaired) electrons. The van der Waals surface area contributed by atoms with Gasteiger partial charge in [-0.25, -0.2) is 9.59 Å². The maximum absolute atomic E-state index is 11.0. The minimum Gasteiger partial charge on any atom is -0.466 e. The van der Waals surface area contributed by atoms with Gasteiger partial charge >= 0.3 is 11.9 Å². The first-order valence-electron chi connectivity index (χ1n) is 5.32. The van der Waals surface area contributed by atoms with E-state index in [4.69, 9.17) is 4.74 Å². The van der Waals surface area contributed by atoms with E-state index < -0.39 is 11.9 Å². The summed E-state index contributed by atoms with van der Waals surface area (Å²) < 4.78 is 9.11. The molecule has 0 amide bonds. The zero-order chi connectivity index (χ0) is 13.1. The third-order valence-electron chi connectivity index (χ3n) is 1.62. The van der Waals surface area contributed by atoms with Crippen molar-refractivity contribution < 1.29 is 19.1 Å². The molecule has 0 bridgehead atoms. The van der Waals surface area contributed by atoms with Gasteiger partial charge in [0.1, 0.15) is 6.61 Å². The van der Waals surface area contributed by atoms with Crippen LogP contribution in [0.2, 0.25) is 0 Å². The summed E-state index contributed by atoms with van der Waals surface area (Å²) in [6.45, 7) is 4.32. The third kappa shape index (κ3) is 10.4. The molecule has 0 aromatic rings. The molecule has 0 aliphatic carbocycles. The summed E-state index contributed by atoms with van der Waals surface area (Å²) in [4.78, 5) is 21.7. The summed E-state index contributed by atoms with van der Waals surface area (Å²) in [7, 11) is 1.24. The second kappa shape index (κ2) is 9.39. The Labute approximate surface area is 102 Å². The zero-order valence-corrected chi connectivity index (χ0v) is 10.4.